The van der Waals surface area contributed by atoms with Crippen molar-refractivity contribution in [1.82, 2.24) is 0 Å². The average Bonchev–Trinajstić information content (AvgIpc) is 3.54. The van der Waals surface area contributed by atoms with E-state index >= 15 is 0 Å². The van der Waals surface area contributed by atoms with Crippen molar-refractivity contribution in [2.45, 2.75) is 0 Å². The lowest BCUT2D eigenvalue weighted by molar-refractivity contribution is 1.63. The predicted octanol–water partition coefficient (Wildman–Crippen LogP) is 8.59. The van der Waals surface area contributed by atoms with Gasteiger partial charge in [0.1, 0.15) is 0 Å². The highest BCUT2D eigenvalue weighted by atomic mass is 79.9. The highest BCUT2D eigenvalue weighted by Gasteiger charge is 2.44. The maximum absolute atomic E-state index is 3.90. The molecule has 8 aromatic rings. The molecular formula is C40H16B2Br4. The Morgan fingerprint density at radius 1 is 0.304 bits per heavy atom. The molecular weight excluding hydrogens is 822 g/mol. The third-order valence-corrected chi connectivity index (χ3v) is 13.1. The van der Waals surface area contributed by atoms with E-state index in [1.807, 2.05) is 0 Å². The van der Waals surface area contributed by atoms with Gasteiger partial charge in [-0.1, -0.05) is 145 Å². The van der Waals surface area contributed by atoms with Gasteiger partial charge >= 0.3 is 0 Å². The van der Waals surface area contributed by atoms with E-state index in [0.717, 1.165) is 17.9 Å². The van der Waals surface area contributed by atoms with Crippen molar-refractivity contribution < 1.29 is 0 Å². The molecule has 0 aliphatic carbocycles. The van der Waals surface area contributed by atoms with Crippen LogP contribution in [-0.4, -0.2) is 13.4 Å². The van der Waals surface area contributed by atoms with Crippen molar-refractivity contribution in [2.24, 2.45) is 0 Å². The van der Waals surface area contributed by atoms with E-state index in [2.05, 4.69) is 161 Å². The minimum Gasteiger partial charge on any atom is -0.0652 e. The summed E-state index contributed by atoms with van der Waals surface area (Å²) in [6, 6.07) is 37.7. The van der Waals surface area contributed by atoms with Crippen molar-refractivity contribution in [3.63, 3.8) is 0 Å². The largest absolute Gasteiger partial charge is 0.244 e. The summed E-state index contributed by atoms with van der Waals surface area (Å²) in [5, 5.41) is 8.34. The second kappa shape index (κ2) is 8.46. The third kappa shape index (κ3) is 2.93. The van der Waals surface area contributed by atoms with Crippen LogP contribution in [0.2, 0.25) is 0 Å². The molecule has 0 nitrogen and oxygen atoms in total. The van der Waals surface area contributed by atoms with Crippen molar-refractivity contribution in [3.05, 3.63) is 115 Å². The van der Waals surface area contributed by atoms with Gasteiger partial charge in [-0.3, -0.25) is 0 Å². The van der Waals surface area contributed by atoms with Crippen LogP contribution in [0.15, 0.2) is 115 Å². The molecule has 46 heavy (non-hydrogen) atoms. The van der Waals surface area contributed by atoms with E-state index in [1.54, 1.807) is 0 Å². The van der Waals surface area contributed by atoms with Crippen molar-refractivity contribution >= 4 is 142 Å². The molecule has 0 radical (unpaired) electrons. The van der Waals surface area contributed by atoms with Crippen LogP contribution < -0.4 is 32.8 Å². The number of benzene rings is 8. The molecule has 4 aliphatic heterocycles. The SMILES string of the molecule is Brc1ccc2c(c1)-c1cc(Br)cc3c1B2c1cc2ccc4c5c(cc6ccc-3c1c6c25)B1c2ccc(Br)cc2-c2cc(Br)cc-4c21. The predicted molar refractivity (Wildman–Crippen MR) is 212 cm³/mol. The molecule has 6 heteroatoms. The lowest BCUT2D eigenvalue weighted by Crippen LogP contribution is -2.52. The van der Waals surface area contributed by atoms with E-state index < -0.39 is 0 Å². The first-order valence-corrected chi connectivity index (χ1v) is 18.7. The molecule has 0 saturated carbocycles. The standard InChI is InChI=1S/C40H16B2Br4/c43-19-3-7-31-26(12-19)30-16-22(46)14-28-24-6-2-18-10-34-37-23(5-1-17-9-33(41(31)40(28)30)38(24)36(18)35(17)37)27-13-21(45)15-29-25-11-20(44)4-8-32(25)42(34)39(27)29/h1-16H. The maximum atomic E-state index is 3.90. The zero-order valence-electron chi connectivity index (χ0n) is 23.9. The fraction of sp³-hybridized carbons (Fsp3) is 0. The van der Waals surface area contributed by atoms with Gasteiger partial charge in [-0.05, 0) is 125 Å². The minimum atomic E-state index is 0.217. The Bertz CT molecular complexity index is 2630. The maximum Gasteiger partial charge on any atom is 0.244 e. The van der Waals surface area contributed by atoms with Crippen LogP contribution in [0.3, 0.4) is 0 Å². The van der Waals surface area contributed by atoms with E-state index in [1.165, 1.54) is 110 Å². The van der Waals surface area contributed by atoms with Gasteiger partial charge in [-0.25, -0.2) is 0 Å². The summed E-state index contributed by atoms with van der Waals surface area (Å²) >= 11 is 15.3. The molecule has 0 saturated heterocycles. The monoisotopic (exact) mass is 834 g/mol. The van der Waals surface area contributed by atoms with Crippen LogP contribution in [0, 0.1) is 0 Å². The van der Waals surface area contributed by atoms with Crippen LogP contribution >= 0.6 is 63.7 Å². The van der Waals surface area contributed by atoms with Crippen molar-refractivity contribution in [1.29, 1.82) is 0 Å². The minimum absolute atomic E-state index is 0.217. The zero-order chi connectivity index (χ0) is 30.3. The lowest BCUT2D eigenvalue weighted by atomic mass is 9.34. The highest BCUT2D eigenvalue weighted by molar-refractivity contribution is 9.11. The molecule has 0 N–H and O–H groups in total. The summed E-state index contributed by atoms with van der Waals surface area (Å²) in [4.78, 5) is 0. The first-order valence-electron chi connectivity index (χ1n) is 15.5. The number of hydrogen-bond acceptors (Lipinski definition) is 0. The smallest absolute Gasteiger partial charge is 0.0652 e. The van der Waals surface area contributed by atoms with Crippen molar-refractivity contribution in [3.8, 4) is 44.5 Å². The summed E-state index contributed by atoms with van der Waals surface area (Å²) in [6.45, 7) is 0.434. The summed E-state index contributed by atoms with van der Waals surface area (Å²) < 4.78 is 4.50. The molecule has 0 spiro atoms. The molecule has 0 amide bonds. The topological polar surface area (TPSA) is 0 Å². The van der Waals surface area contributed by atoms with Gasteiger partial charge in [0.25, 0.3) is 0 Å². The van der Waals surface area contributed by atoms with E-state index in [4.69, 9.17) is 0 Å². The summed E-state index contributed by atoms with van der Waals surface area (Å²) in [5.74, 6) is 0. The molecule has 210 valence electrons. The van der Waals surface area contributed by atoms with Crippen LogP contribution in [0.4, 0.5) is 0 Å². The Morgan fingerprint density at radius 2 is 0.696 bits per heavy atom. The molecule has 0 aromatic heterocycles. The van der Waals surface area contributed by atoms with E-state index in [0.29, 0.717) is 0 Å². The number of hydrogen-bond donors (Lipinski definition) is 0. The highest BCUT2D eigenvalue weighted by Crippen LogP contribution is 2.47. The Hall–Kier alpha value is -3.15. The lowest BCUT2D eigenvalue weighted by Gasteiger charge is -2.31. The molecule has 4 aliphatic rings. The fourth-order valence-corrected chi connectivity index (χ4v) is 11.4. The van der Waals surface area contributed by atoms with E-state index in [9.17, 15) is 0 Å². The van der Waals surface area contributed by atoms with Gasteiger partial charge in [0.05, 0.1) is 0 Å². The van der Waals surface area contributed by atoms with Gasteiger partial charge in [0.15, 0.2) is 0 Å². The summed E-state index contributed by atoms with van der Waals surface area (Å²) in [6.07, 6.45) is 0. The Balaban J connectivity index is 1.27. The summed E-state index contributed by atoms with van der Waals surface area (Å²) in [5.41, 5.74) is 19.3. The molecule has 0 unspecified atom stereocenters. The second-order valence-electron chi connectivity index (χ2n) is 13.3. The third-order valence-electron chi connectivity index (χ3n) is 11.2. The second-order valence-corrected chi connectivity index (χ2v) is 16.9. The van der Waals surface area contributed by atoms with Gasteiger partial charge < -0.3 is 0 Å². The first kappa shape index (κ1) is 25.9. The molecule has 4 heterocycles. The Labute approximate surface area is 299 Å². The van der Waals surface area contributed by atoms with E-state index in [-0.39, 0.29) is 13.4 Å². The van der Waals surface area contributed by atoms with Crippen LogP contribution in [-0.2, 0) is 0 Å². The summed E-state index contributed by atoms with van der Waals surface area (Å²) in [7, 11) is 0. The molecule has 0 fully saturated rings. The molecule has 8 aromatic carbocycles. The van der Waals surface area contributed by atoms with Gasteiger partial charge in [0, 0.05) is 17.9 Å². The Morgan fingerprint density at radius 3 is 1.13 bits per heavy atom. The average molecular weight is 838 g/mol. The number of fused-ring (bicyclic) bond motifs is 10. The van der Waals surface area contributed by atoms with Gasteiger partial charge in [-0.2, -0.15) is 0 Å². The molecule has 0 bridgehead atoms. The van der Waals surface area contributed by atoms with Crippen molar-refractivity contribution in [2.75, 3.05) is 0 Å². The van der Waals surface area contributed by atoms with Crippen LogP contribution in [0.5, 0.6) is 0 Å². The Kier molecular flexibility index (Phi) is 4.76. The van der Waals surface area contributed by atoms with Crippen LogP contribution in [0.25, 0.3) is 76.8 Å². The number of halogens is 4. The zero-order valence-corrected chi connectivity index (χ0v) is 30.2. The van der Waals surface area contributed by atoms with Gasteiger partial charge in [0.2, 0.25) is 13.4 Å². The van der Waals surface area contributed by atoms with Gasteiger partial charge in [-0.15, -0.1) is 0 Å². The fourth-order valence-electron chi connectivity index (χ4n) is 9.73. The normalized spacial score (nSPS) is 14.0. The van der Waals surface area contributed by atoms with Crippen LogP contribution in [0.1, 0.15) is 0 Å². The molecule has 12 rings (SSSR count). The number of rotatable bonds is 0. The quantitative estimate of drug-likeness (QED) is 0.106. The molecule has 0 atom stereocenters. The first-order chi connectivity index (χ1) is 22.4.